The summed E-state index contributed by atoms with van der Waals surface area (Å²) in [6.07, 6.45) is 0. The van der Waals surface area contributed by atoms with Gasteiger partial charge in [-0.2, -0.15) is 0 Å². The molecule has 2 amide bonds. The third-order valence-electron chi connectivity index (χ3n) is 2.50. The second kappa shape index (κ2) is 10.1. The molecular formula is C14H19ClN2O4. The monoisotopic (exact) mass is 314 g/mol. The predicted molar refractivity (Wildman–Crippen MR) is 79.5 cm³/mol. The highest BCUT2D eigenvalue weighted by molar-refractivity contribution is 6.30. The highest BCUT2D eigenvalue weighted by Crippen LogP contribution is 2.08. The van der Waals surface area contributed by atoms with Gasteiger partial charge in [-0.3, -0.25) is 9.59 Å². The zero-order chi connectivity index (χ0) is 15.5. The number of amides is 2. The van der Waals surface area contributed by atoms with Gasteiger partial charge in [-0.1, -0.05) is 11.6 Å². The van der Waals surface area contributed by atoms with E-state index in [1.165, 1.54) is 0 Å². The van der Waals surface area contributed by atoms with Crippen LogP contribution >= 0.6 is 11.6 Å². The number of benzene rings is 1. The van der Waals surface area contributed by atoms with Gasteiger partial charge in [0.05, 0.1) is 13.2 Å². The fourth-order valence-electron chi connectivity index (χ4n) is 1.44. The van der Waals surface area contributed by atoms with Gasteiger partial charge in [-0.05, 0) is 24.3 Å². The smallest absolute Gasteiger partial charge is 0.251 e. The Hall–Kier alpha value is -1.63. The van der Waals surface area contributed by atoms with Crippen molar-refractivity contribution in [2.45, 2.75) is 0 Å². The topological polar surface area (TPSA) is 76.7 Å². The van der Waals surface area contributed by atoms with Crippen LogP contribution < -0.4 is 10.6 Å². The first kappa shape index (κ1) is 17.4. The van der Waals surface area contributed by atoms with Crippen LogP contribution in [0.4, 0.5) is 0 Å². The minimum atomic E-state index is -0.230. The molecule has 2 N–H and O–H groups in total. The molecule has 0 spiro atoms. The molecule has 0 heterocycles. The molecule has 0 atom stereocenters. The highest BCUT2D eigenvalue weighted by atomic mass is 35.5. The molecule has 0 saturated carbocycles. The first-order valence-electron chi connectivity index (χ1n) is 6.50. The summed E-state index contributed by atoms with van der Waals surface area (Å²) in [5.41, 5.74) is 0.522. The quantitative estimate of drug-likeness (QED) is 0.663. The van der Waals surface area contributed by atoms with E-state index >= 15 is 0 Å². The molecule has 1 rings (SSSR count). The number of ether oxygens (including phenoxy) is 2. The van der Waals surface area contributed by atoms with E-state index in [1.807, 2.05) is 0 Å². The molecule has 7 heteroatoms. The van der Waals surface area contributed by atoms with Gasteiger partial charge in [0.25, 0.3) is 5.91 Å². The van der Waals surface area contributed by atoms with Gasteiger partial charge in [0, 0.05) is 30.8 Å². The summed E-state index contributed by atoms with van der Waals surface area (Å²) < 4.78 is 9.84. The minimum absolute atomic E-state index is 0.0194. The second-order valence-electron chi connectivity index (χ2n) is 4.16. The van der Waals surface area contributed by atoms with Gasteiger partial charge in [0.2, 0.25) is 5.91 Å². The van der Waals surface area contributed by atoms with Crippen molar-refractivity contribution in [3.63, 3.8) is 0 Å². The third-order valence-corrected chi connectivity index (χ3v) is 2.76. The van der Waals surface area contributed by atoms with Crippen LogP contribution in [0.25, 0.3) is 0 Å². The van der Waals surface area contributed by atoms with Crippen molar-refractivity contribution in [2.75, 3.05) is 40.0 Å². The number of hydrogen-bond acceptors (Lipinski definition) is 4. The largest absolute Gasteiger partial charge is 0.382 e. The lowest BCUT2D eigenvalue weighted by Gasteiger charge is -2.07. The third kappa shape index (κ3) is 7.65. The maximum Gasteiger partial charge on any atom is 0.251 e. The lowest BCUT2D eigenvalue weighted by atomic mass is 10.2. The van der Waals surface area contributed by atoms with E-state index in [4.69, 9.17) is 21.1 Å². The van der Waals surface area contributed by atoms with Crippen LogP contribution in [0.5, 0.6) is 0 Å². The van der Waals surface area contributed by atoms with Gasteiger partial charge < -0.3 is 20.1 Å². The minimum Gasteiger partial charge on any atom is -0.382 e. The van der Waals surface area contributed by atoms with Gasteiger partial charge in [-0.25, -0.2) is 0 Å². The van der Waals surface area contributed by atoms with E-state index in [-0.39, 0.29) is 18.4 Å². The van der Waals surface area contributed by atoms with E-state index < -0.39 is 0 Å². The lowest BCUT2D eigenvalue weighted by Crippen LogP contribution is -2.36. The summed E-state index contributed by atoms with van der Waals surface area (Å²) in [6, 6.07) is 6.57. The molecule has 1 aromatic rings. The SMILES string of the molecule is COCCOCC(=O)NCCNC(=O)c1ccc(Cl)cc1. The zero-order valence-electron chi connectivity index (χ0n) is 11.9. The van der Waals surface area contributed by atoms with E-state index in [0.29, 0.717) is 36.9 Å². The van der Waals surface area contributed by atoms with Crippen molar-refractivity contribution in [3.8, 4) is 0 Å². The number of methoxy groups -OCH3 is 1. The fraction of sp³-hybridized carbons (Fsp3) is 0.429. The van der Waals surface area contributed by atoms with Crippen molar-refractivity contribution in [3.05, 3.63) is 34.9 Å². The molecule has 1 aromatic carbocycles. The van der Waals surface area contributed by atoms with Gasteiger partial charge >= 0.3 is 0 Å². The molecule has 0 aliphatic carbocycles. The Kier molecular flexibility index (Phi) is 8.42. The van der Waals surface area contributed by atoms with Gasteiger partial charge in [0.1, 0.15) is 6.61 Å². The standard InChI is InChI=1S/C14H19ClN2O4/c1-20-8-9-21-10-13(18)16-6-7-17-14(19)11-2-4-12(15)5-3-11/h2-5H,6-10H2,1H3,(H,16,18)(H,17,19). The van der Waals surface area contributed by atoms with E-state index in [2.05, 4.69) is 10.6 Å². The molecule has 0 unspecified atom stereocenters. The summed E-state index contributed by atoms with van der Waals surface area (Å²) in [5.74, 6) is -0.441. The van der Waals surface area contributed by atoms with E-state index in [0.717, 1.165) is 0 Å². The van der Waals surface area contributed by atoms with E-state index in [1.54, 1.807) is 31.4 Å². The summed E-state index contributed by atoms with van der Waals surface area (Å²) >= 11 is 5.74. The fourth-order valence-corrected chi connectivity index (χ4v) is 1.57. The van der Waals surface area contributed by atoms with Crippen LogP contribution in [-0.2, 0) is 14.3 Å². The van der Waals surface area contributed by atoms with Crippen molar-refractivity contribution in [1.29, 1.82) is 0 Å². The Labute approximate surface area is 128 Å². The number of carbonyl (C=O) groups excluding carboxylic acids is 2. The van der Waals surface area contributed by atoms with Crippen molar-refractivity contribution >= 4 is 23.4 Å². The first-order valence-corrected chi connectivity index (χ1v) is 6.88. The summed E-state index contributed by atoms with van der Waals surface area (Å²) in [5, 5.41) is 5.90. The summed E-state index contributed by atoms with van der Waals surface area (Å²) in [4.78, 5) is 23.1. The van der Waals surface area contributed by atoms with Crippen molar-refractivity contribution in [2.24, 2.45) is 0 Å². The maximum atomic E-state index is 11.7. The van der Waals surface area contributed by atoms with Crippen molar-refractivity contribution in [1.82, 2.24) is 10.6 Å². The Balaban J connectivity index is 2.12. The van der Waals surface area contributed by atoms with Crippen molar-refractivity contribution < 1.29 is 19.1 Å². The lowest BCUT2D eigenvalue weighted by molar-refractivity contribution is -0.126. The van der Waals surface area contributed by atoms with Crippen LogP contribution in [0.3, 0.4) is 0 Å². The molecule has 0 aliphatic rings. The first-order chi connectivity index (χ1) is 10.1. The molecule has 0 saturated heterocycles. The molecule has 0 fully saturated rings. The number of nitrogens with one attached hydrogen (secondary N) is 2. The van der Waals surface area contributed by atoms with Crippen LogP contribution in [0, 0.1) is 0 Å². The Morgan fingerprint density at radius 1 is 1.10 bits per heavy atom. The summed E-state index contributed by atoms with van der Waals surface area (Å²) in [7, 11) is 1.56. The Bertz CT molecular complexity index is 451. The molecule has 0 aliphatic heterocycles. The number of carbonyl (C=O) groups is 2. The molecule has 116 valence electrons. The molecule has 0 aromatic heterocycles. The number of halogens is 1. The predicted octanol–water partition coefficient (Wildman–Crippen LogP) is 0.849. The zero-order valence-corrected chi connectivity index (χ0v) is 12.6. The average molecular weight is 315 g/mol. The molecule has 6 nitrogen and oxygen atoms in total. The molecular weight excluding hydrogens is 296 g/mol. The average Bonchev–Trinajstić information content (AvgIpc) is 2.48. The Morgan fingerprint density at radius 3 is 2.43 bits per heavy atom. The normalized spacial score (nSPS) is 10.2. The van der Waals surface area contributed by atoms with Crippen LogP contribution in [0.1, 0.15) is 10.4 Å². The number of rotatable bonds is 9. The molecule has 21 heavy (non-hydrogen) atoms. The molecule has 0 bridgehead atoms. The van der Waals surface area contributed by atoms with Gasteiger partial charge in [0.15, 0.2) is 0 Å². The second-order valence-corrected chi connectivity index (χ2v) is 4.59. The van der Waals surface area contributed by atoms with Gasteiger partial charge in [-0.15, -0.1) is 0 Å². The summed E-state index contributed by atoms with van der Waals surface area (Å²) in [6.45, 7) is 1.48. The van der Waals surface area contributed by atoms with Crippen LogP contribution in [0.15, 0.2) is 24.3 Å². The highest BCUT2D eigenvalue weighted by Gasteiger charge is 2.05. The van der Waals surface area contributed by atoms with E-state index in [9.17, 15) is 9.59 Å². The Morgan fingerprint density at radius 2 is 1.76 bits per heavy atom. The van der Waals surface area contributed by atoms with Crippen LogP contribution in [0.2, 0.25) is 5.02 Å². The number of hydrogen-bond donors (Lipinski definition) is 2. The molecule has 0 radical (unpaired) electrons. The maximum absolute atomic E-state index is 11.7. The van der Waals surface area contributed by atoms with Crippen LogP contribution in [-0.4, -0.2) is 51.8 Å².